The van der Waals surface area contributed by atoms with Crippen LogP contribution in [0.3, 0.4) is 0 Å². The molecule has 0 spiro atoms. The summed E-state index contributed by atoms with van der Waals surface area (Å²) in [6.45, 7) is 1.12. The third-order valence-electron chi connectivity index (χ3n) is 0.697. The summed E-state index contributed by atoms with van der Waals surface area (Å²) >= 11 is 5.99. The summed E-state index contributed by atoms with van der Waals surface area (Å²) in [6.07, 6.45) is 0. The highest BCUT2D eigenvalue weighted by Gasteiger charge is 2.06. The van der Waals surface area contributed by atoms with Crippen molar-refractivity contribution >= 4 is 24.4 Å². The van der Waals surface area contributed by atoms with Gasteiger partial charge in [-0.05, 0) is 0 Å². The highest BCUT2D eigenvalue weighted by atomic mass is 32.2. The highest BCUT2D eigenvalue weighted by Crippen LogP contribution is 2.15. The molecule has 0 saturated carbocycles. The van der Waals surface area contributed by atoms with Gasteiger partial charge in [0.1, 0.15) is 0 Å². The second-order valence-electron chi connectivity index (χ2n) is 1.18. The lowest BCUT2D eigenvalue weighted by molar-refractivity contribution is 0.857. The van der Waals surface area contributed by atoms with Crippen molar-refractivity contribution in [3.8, 4) is 0 Å². The SMILES string of the molecule is SC1NCCS1. The number of rotatable bonds is 0. The molecule has 0 bridgehead atoms. The maximum absolute atomic E-state index is 4.14. The van der Waals surface area contributed by atoms with Gasteiger partial charge in [0.2, 0.25) is 0 Å². The largest absolute Gasteiger partial charge is 0.296 e. The predicted octanol–water partition coefficient (Wildman–Crippen LogP) is 0.536. The van der Waals surface area contributed by atoms with Crippen molar-refractivity contribution < 1.29 is 0 Å². The Bertz CT molecular complexity index is 42.1. The first-order valence-corrected chi connectivity index (χ1v) is 3.49. The third kappa shape index (κ3) is 1.06. The molecule has 0 radical (unpaired) electrons. The molecule has 1 heterocycles. The van der Waals surface area contributed by atoms with Crippen molar-refractivity contribution in [3.05, 3.63) is 0 Å². The lowest BCUT2D eigenvalue weighted by Crippen LogP contribution is -2.12. The maximum atomic E-state index is 4.14. The number of nitrogens with one attached hydrogen (secondary N) is 1. The van der Waals surface area contributed by atoms with Gasteiger partial charge in [-0.2, -0.15) is 0 Å². The average molecular weight is 121 g/mol. The maximum Gasteiger partial charge on any atom is 0.0973 e. The molecular formula is C3H7NS2. The second kappa shape index (κ2) is 2.09. The minimum Gasteiger partial charge on any atom is -0.296 e. The van der Waals surface area contributed by atoms with E-state index in [1.54, 1.807) is 0 Å². The minimum absolute atomic E-state index is 0.407. The van der Waals surface area contributed by atoms with E-state index in [1.165, 1.54) is 5.75 Å². The van der Waals surface area contributed by atoms with Crippen molar-refractivity contribution in [2.45, 2.75) is 4.71 Å². The lowest BCUT2D eigenvalue weighted by atomic mass is 10.8. The van der Waals surface area contributed by atoms with E-state index in [4.69, 9.17) is 0 Å². The monoisotopic (exact) mass is 121 g/mol. The molecule has 0 amide bonds. The summed E-state index contributed by atoms with van der Waals surface area (Å²) < 4.78 is 0.407. The first-order chi connectivity index (χ1) is 2.89. The van der Waals surface area contributed by atoms with Gasteiger partial charge in [-0.15, -0.1) is 24.4 Å². The minimum atomic E-state index is 0.407. The molecule has 0 aliphatic carbocycles. The summed E-state index contributed by atoms with van der Waals surface area (Å²) in [5.74, 6) is 1.22. The molecule has 1 fully saturated rings. The molecule has 3 heteroatoms. The van der Waals surface area contributed by atoms with Gasteiger partial charge < -0.3 is 0 Å². The van der Waals surface area contributed by atoms with E-state index < -0.39 is 0 Å². The van der Waals surface area contributed by atoms with Crippen LogP contribution in [0.4, 0.5) is 0 Å². The van der Waals surface area contributed by atoms with Crippen molar-refractivity contribution in [2.24, 2.45) is 0 Å². The van der Waals surface area contributed by atoms with Gasteiger partial charge in [-0.1, -0.05) is 0 Å². The van der Waals surface area contributed by atoms with Crippen LogP contribution in [0.25, 0.3) is 0 Å². The molecule has 1 saturated heterocycles. The van der Waals surface area contributed by atoms with E-state index in [-0.39, 0.29) is 0 Å². The molecule has 0 aromatic rings. The Labute approximate surface area is 47.3 Å². The number of thiol groups is 1. The Morgan fingerprint density at radius 3 is 2.83 bits per heavy atom. The Morgan fingerprint density at radius 2 is 2.67 bits per heavy atom. The molecule has 1 N–H and O–H groups in total. The Kier molecular flexibility index (Phi) is 1.68. The Hall–Kier alpha value is 0.660. The molecule has 1 nitrogen and oxygen atoms in total. The topological polar surface area (TPSA) is 12.0 Å². The second-order valence-corrected chi connectivity index (χ2v) is 3.26. The zero-order valence-electron chi connectivity index (χ0n) is 3.35. The molecule has 36 valence electrons. The van der Waals surface area contributed by atoms with Crippen LogP contribution in [0.5, 0.6) is 0 Å². The smallest absolute Gasteiger partial charge is 0.0973 e. The fourth-order valence-corrected chi connectivity index (χ4v) is 1.55. The first-order valence-electron chi connectivity index (χ1n) is 1.92. The summed E-state index contributed by atoms with van der Waals surface area (Å²) in [7, 11) is 0. The lowest BCUT2D eigenvalue weighted by Gasteiger charge is -1.93. The van der Waals surface area contributed by atoms with Crippen LogP contribution >= 0.6 is 24.4 Å². The molecule has 1 aliphatic heterocycles. The van der Waals surface area contributed by atoms with Crippen LogP contribution in [-0.2, 0) is 0 Å². The molecule has 0 aromatic carbocycles. The Balaban J connectivity index is 2.18. The van der Waals surface area contributed by atoms with Gasteiger partial charge in [0, 0.05) is 12.3 Å². The van der Waals surface area contributed by atoms with Gasteiger partial charge >= 0.3 is 0 Å². The quantitative estimate of drug-likeness (QED) is 0.454. The molecule has 1 rings (SSSR count). The van der Waals surface area contributed by atoms with Gasteiger partial charge in [0.25, 0.3) is 0 Å². The Morgan fingerprint density at radius 1 is 1.83 bits per heavy atom. The molecule has 1 unspecified atom stereocenters. The first kappa shape index (κ1) is 4.81. The fourth-order valence-electron chi connectivity index (χ4n) is 0.412. The van der Waals surface area contributed by atoms with Crippen molar-refractivity contribution in [1.82, 2.24) is 5.32 Å². The van der Waals surface area contributed by atoms with E-state index in [2.05, 4.69) is 17.9 Å². The molecule has 1 atom stereocenters. The number of hydrogen-bond acceptors (Lipinski definition) is 3. The normalized spacial score (nSPS) is 34.5. The zero-order valence-corrected chi connectivity index (χ0v) is 5.06. The fraction of sp³-hybridized carbons (Fsp3) is 1.00. The van der Waals surface area contributed by atoms with Crippen LogP contribution < -0.4 is 5.32 Å². The molecule has 1 aliphatic rings. The van der Waals surface area contributed by atoms with Crippen LogP contribution in [0, 0.1) is 0 Å². The van der Waals surface area contributed by atoms with Crippen molar-refractivity contribution in [2.75, 3.05) is 12.3 Å². The van der Waals surface area contributed by atoms with Crippen LogP contribution in [0.2, 0.25) is 0 Å². The molecular weight excluding hydrogens is 114 g/mol. The van der Waals surface area contributed by atoms with Crippen molar-refractivity contribution in [1.29, 1.82) is 0 Å². The van der Waals surface area contributed by atoms with E-state index in [1.807, 2.05) is 11.8 Å². The van der Waals surface area contributed by atoms with E-state index >= 15 is 0 Å². The van der Waals surface area contributed by atoms with E-state index in [0.717, 1.165) is 6.54 Å². The number of thioether (sulfide) groups is 1. The summed E-state index contributed by atoms with van der Waals surface area (Å²) in [5, 5.41) is 3.15. The van der Waals surface area contributed by atoms with Gasteiger partial charge in [0.05, 0.1) is 4.71 Å². The number of hydrogen-bond donors (Lipinski definition) is 2. The van der Waals surface area contributed by atoms with Crippen molar-refractivity contribution in [3.63, 3.8) is 0 Å². The van der Waals surface area contributed by atoms with E-state index in [9.17, 15) is 0 Å². The standard InChI is InChI=1S/C3H7NS2/c5-3-4-1-2-6-3/h3-5H,1-2H2. The van der Waals surface area contributed by atoms with Crippen LogP contribution in [0.1, 0.15) is 0 Å². The molecule has 0 aromatic heterocycles. The molecule has 6 heavy (non-hydrogen) atoms. The van der Waals surface area contributed by atoms with E-state index in [0.29, 0.717) is 4.71 Å². The van der Waals surface area contributed by atoms with Gasteiger partial charge in [0.15, 0.2) is 0 Å². The van der Waals surface area contributed by atoms with Crippen LogP contribution in [0.15, 0.2) is 0 Å². The highest BCUT2D eigenvalue weighted by molar-refractivity contribution is 8.10. The summed E-state index contributed by atoms with van der Waals surface area (Å²) in [6, 6.07) is 0. The van der Waals surface area contributed by atoms with Gasteiger partial charge in [-0.25, -0.2) is 0 Å². The summed E-state index contributed by atoms with van der Waals surface area (Å²) in [5.41, 5.74) is 0. The predicted molar refractivity (Wildman–Crippen MR) is 33.2 cm³/mol. The zero-order chi connectivity index (χ0) is 4.41. The van der Waals surface area contributed by atoms with Gasteiger partial charge in [-0.3, -0.25) is 5.32 Å². The summed E-state index contributed by atoms with van der Waals surface area (Å²) in [4.78, 5) is 0. The third-order valence-corrected chi connectivity index (χ3v) is 2.25. The van der Waals surface area contributed by atoms with Crippen LogP contribution in [-0.4, -0.2) is 17.0 Å². The average Bonchev–Trinajstić information content (AvgIpc) is 1.86.